The molecule has 5 aromatic rings. The first-order chi connectivity index (χ1) is 16.3. The van der Waals surface area contributed by atoms with Gasteiger partial charge in [0.1, 0.15) is 6.26 Å². The van der Waals surface area contributed by atoms with Crippen LogP contribution in [0.1, 0.15) is 5.56 Å². The molecule has 3 aromatic heterocycles. The van der Waals surface area contributed by atoms with Crippen molar-refractivity contribution >= 4 is 32.1 Å². The van der Waals surface area contributed by atoms with Gasteiger partial charge in [0.05, 0.1) is 27.5 Å². The fraction of sp³-hybridized carbons (Fsp3) is 0.125. The van der Waals surface area contributed by atoms with E-state index in [4.69, 9.17) is 0 Å². The second-order valence-corrected chi connectivity index (χ2v) is 11.0. The Bertz CT molecular complexity index is 1620. The number of aromatic nitrogens is 5. The van der Waals surface area contributed by atoms with Crippen molar-refractivity contribution in [3.05, 3.63) is 78.6 Å². The van der Waals surface area contributed by atoms with Gasteiger partial charge in [0.25, 0.3) is 10.0 Å². The normalized spacial score (nSPS) is 12.8. The Kier molecular flexibility index (Phi) is 5.51. The zero-order valence-corrected chi connectivity index (χ0v) is 20.3. The Labute approximate surface area is 200 Å². The molecule has 5 rings (SSSR count). The number of rotatable bonds is 5. The highest BCUT2D eigenvalue weighted by molar-refractivity contribution is 7.90. The van der Waals surface area contributed by atoms with E-state index in [1.54, 1.807) is 72.7 Å². The van der Waals surface area contributed by atoms with Crippen molar-refractivity contribution < 1.29 is 13.0 Å². The third-order valence-corrected chi connectivity index (χ3v) is 8.00. The standard InChI is InChI=1S/C24H21N5O3S2/c1-16-7-9-17(10-8-16)34(31,32)29-14-12-19-18(5-4-6-22(19)29)20-15-21(23-11-13-25-28(23)2)27-24(26-20)33(3)30/h4-15H,1-3H3. The molecule has 8 nitrogen and oxygen atoms in total. The summed E-state index contributed by atoms with van der Waals surface area (Å²) in [5.41, 5.74) is 4.11. The van der Waals surface area contributed by atoms with Gasteiger partial charge in [-0.1, -0.05) is 29.8 Å². The molecule has 172 valence electrons. The molecule has 0 radical (unpaired) electrons. The lowest BCUT2D eigenvalue weighted by molar-refractivity contribution is 0.589. The van der Waals surface area contributed by atoms with Crippen LogP contribution in [0, 0.1) is 6.92 Å². The van der Waals surface area contributed by atoms with E-state index in [1.165, 1.54) is 10.2 Å². The third-order valence-electron chi connectivity index (χ3n) is 5.60. The molecule has 0 fully saturated rings. The summed E-state index contributed by atoms with van der Waals surface area (Å²) in [6.45, 7) is 1.91. The molecule has 3 heterocycles. The van der Waals surface area contributed by atoms with Crippen LogP contribution >= 0.6 is 0 Å². The lowest BCUT2D eigenvalue weighted by Crippen LogP contribution is -2.11. The van der Waals surface area contributed by atoms with Crippen molar-refractivity contribution in [2.75, 3.05) is 6.26 Å². The van der Waals surface area contributed by atoms with Crippen LogP contribution in [-0.4, -0.2) is 42.9 Å². The third kappa shape index (κ3) is 3.79. The Morgan fingerprint density at radius 1 is 0.971 bits per heavy atom. The molecule has 10 heteroatoms. The van der Waals surface area contributed by atoms with Gasteiger partial charge in [-0.05, 0) is 43.3 Å². The molecule has 2 aromatic carbocycles. The summed E-state index contributed by atoms with van der Waals surface area (Å²) in [4.78, 5) is 9.21. The largest absolute Gasteiger partial charge is 0.609 e. The average molecular weight is 492 g/mol. The van der Waals surface area contributed by atoms with E-state index in [9.17, 15) is 13.0 Å². The van der Waals surface area contributed by atoms with Gasteiger partial charge in [-0.2, -0.15) is 15.1 Å². The van der Waals surface area contributed by atoms with Gasteiger partial charge in [0.15, 0.2) is 0 Å². The predicted molar refractivity (Wildman–Crippen MR) is 131 cm³/mol. The summed E-state index contributed by atoms with van der Waals surface area (Å²) in [6, 6.07) is 17.5. The predicted octanol–water partition coefficient (Wildman–Crippen LogP) is 3.78. The fourth-order valence-corrected chi connectivity index (χ4v) is 5.65. The number of hydrogen-bond donors (Lipinski definition) is 0. The fourth-order valence-electron chi connectivity index (χ4n) is 3.85. The highest BCUT2D eigenvalue weighted by Crippen LogP contribution is 2.32. The second-order valence-electron chi connectivity index (χ2n) is 7.88. The van der Waals surface area contributed by atoms with Crippen LogP contribution in [0.25, 0.3) is 33.5 Å². The molecule has 0 amide bonds. The summed E-state index contributed by atoms with van der Waals surface area (Å²) < 4.78 is 41.9. The second kappa shape index (κ2) is 8.39. The van der Waals surface area contributed by atoms with Gasteiger partial charge in [-0.15, -0.1) is 0 Å². The molecule has 0 spiro atoms. The minimum atomic E-state index is -3.79. The summed E-state index contributed by atoms with van der Waals surface area (Å²) in [5, 5.41) is 5.10. The summed E-state index contributed by atoms with van der Waals surface area (Å²) in [7, 11) is -1.98. The number of benzene rings is 2. The van der Waals surface area contributed by atoms with E-state index in [0.717, 1.165) is 11.3 Å². The van der Waals surface area contributed by atoms with Gasteiger partial charge in [0, 0.05) is 41.6 Å². The first-order valence-corrected chi connectivity index (χ1v) is 13.4. The summed E-state index contributed by atoms with van der Waals surface area (Å²) in [6.07, 6.45) is 4.74. The Balaban J connectivity index is 1.69. The van der Waals surface area contributed by atoms with E-state index in [-0.39, 0.29) is 10.1 Å². The first kappa shape index (κ1) is 22.3. The molecule has 0 bridgehead atoms. The van der Waals surface area contributed by atoms with Crippen molar-refractivity contribution in [1.29, 1.82) is 0 Å². The number of aryl methyl sites for hydroxylation is 2. The van der Waals surface area contributed by atoms with Crippen LogP contribution in [0.2, 0.25) is 0 Å². The number of nitrogens with zero attached hydrogens (tertiary/aromatic N) is 5. The molecular weight excluding hydrogens is 470 g/mol. The minimum absolute atomic E-state index is 0.192. The van der Waals surface area contributed by atoms with Crippen LogP contribution in [-0.2, 0) is 28.2 Å². The molecule has 0 N–H and O–H groups in total. The van der Waals surface area contributed by atoms with Crippen molar-refractivity contribution in [3.8, 4) is 22.6 Å². The van der Waals surface area contributed by atoms with Crippen LogP contribution in [0.4, 0.5) is 0 Å². The van der Waals surface area contributed by atoms with Crippen molar-refractivity contribution in [2.24, 2.45) is 7.05 Å². The Morgan fingerprint density at radius 2 is 1.71 bits per heavy atom. The van der Waals surface area contributed by atoms with Crippen LogP contribution in [0.15, 0.2) is 83.1 Å². The van der Waals surface area contributed by atoms with Crippen LogP contribution in [0.3, 0.4) is 0 Å². The minimum Gasteiger partial charge on any atom is -0.609 e. The maximum atomic E-state index is 13.3. The van der Waals surface area contributed by atoms with Crippen molar-refractivity contribution in [2.45, 2.75) is 17.0 Å². The monoisotopic (exact) mass is 491 g/mol. The molecule has 0 aliphatic rings. The van der Waals surface area contributed by atoms with E-state index < -0.39 is 21.2 Å². The van der Waals surface area contributed by atoms with Gasteiger partial charge < -0.3 is 4.55 Å². The van der Waals surface area contributed by atoms with E-state index in [1.807, 2.05) is 19.1 Å². The van der Waals surface area contributed by atoms with E-state index >= 15 is 0 Å². The van der Waals surface area contributed by atoms with Crippen molar-refractivity contribution in [3.63, 3.8) is 0 Å². The average Bonchev–Trinajstić information content (AvgIpc) is 3.45. The molecule has 0 aliphatic carbocycles. The van der Waals surface area contributed by atoms with Crippen LogP contribution < -0.4 is 0 Å². The van der Waals surface area contributed by atoms with Gasteiger partial charge >= 0.3 is 5.16 Å². The molecule has 0 saturated heterocycles. The molecule has 1 atom stereocenters. The topological polar surface area (TPSA) is 106 Å². The quantitative estimate of drug-likeness (QED) is 0.274. The lowest BCUT2D eigenvalue weighted by Gasteiger charge is -2.11. The maximum Gasteiger partial charge on any atom is 0.343 e. The highest BCUT2D eigenvalue weighted by atomic mass is 32.2. The Morgan fingerprint density at radius 3 is 2.38 bits per heavy atom. The van der Waals surface area contributed by atoms with Gasteiger partial charge in [-0.25, -0.2) is 12.4 Å². The van der Waals surface area contributed by atoms with Gasteiger partial charge in [0.2, 0.25) is 0 Å². The summed E-state index contributed by atoms with van der Waals surface area (Å²) >= 11 is -1.41. The first-order valence-electron chi connectivity index (χ1n) is 10.4. The van der Waals surface area contributed by atoms with Crippen molar-refractivity contribution in [1.82, 2.24) is 23.7 Å². The van der Waals surface area contributed by atoms with E-state index in [2.05, 4.69) is 15.1 Å². The molecular formula is C24H21N5O3S2. The maximum absolute atomic E-state index is 13.3. The molecule has 34 heavy (non-hydrogen) atoms. The molecule has 1 unspecified atom stereocenters. The molecule has 0 aliphatic heterocycles. The smallest absolute Gasteiger partial charge is 0.343 e. The SMILES string of the molecule is Cc1ccc(S(=O)(=O)n2ccc3c(-c4cc(-c5ccnn5C)nc([S+](C)[O-])n4)cccc32)cc1. The number of hydrogen-bond acceptors (Lipinski definition) is 6. The zero-order valence-electron chi connectivity index (χ0n) is 18.7. The van der Waals surface area contributed by atoms with Gasteiger partial charge in [-0.3, -0.25) is 4.68 Å². The van der Waals surface area contributed by atoms with E-state index in [0.29, 0.717) is 27.9 Å². The zero-order chi connectivity index (χ0) is 24.0. The lowest BCUT2D eigenvalue weighted by atomic mass is 10.1. The van der Waals surface area contributed by atoms with Crippen LogP contribution in [0.5, 0.6) is 0 Å². The summed E-state index contributed by atoms with van der Waals surface area (Å²) in [5.74, 6) is 0. The highest BCUT2D eigenvalue weighted by Gasteiger charge is 2.22. The number of fused-ring (bicyclic) bond motifs is 1. The Hall–Kier alpha value is -3.47. The molecule has 0 saturated carbocycles.